The molecule has 1 aromatic rings. The van der Waals surface area contributed by atoms with Crippen LogP contribution in [0, 0.1) is 6.92 Å². The van der Waals surface area contributed by atoms with Crippen LogP contribution < -0.4 is 0 Å². The van der Waals surface area contributed by atoms with Gasteiger partial charge in [-0.25, -0.2) is 0 Å². The number of likely N-dealkylation sites (tertiary alicyclic amines) is 1. The predicted octanol–water partition coefficient (Wildman–Crippen LogP) is 3.06. The maximum absolute atomic E-state index is 11.9. The first-order chi connectivity index (χ1) is 8.08. The Hall–Kier alpha value is -1.57. The molecule has 0 aliphatic carbocycles. The van der Waals surface area contributed by atoms with Gasteiger partial charge in [0.1, 0.15) is 0 Å². The first kappa shape index (κ1) is 11.9. The minimum atomic E-state index is 0.225. The van der Waals surface area contributed by atoms with Crippen LogP contribution >= 0.6 is 0 Å². The Morgan fingerprint density at radius 2 is 2.29 bits per heavy atom. The Morgan fingerprint density at radius 1 is 1.53 bits per heavy atom. The van der Waals surface area contributed by atoms with E-state index in [4.69, 9.17) is 0 Å². The summed E-state index contributed by atoms with van der Waals surface area (Å²) in [4.78, 5) is 13.8. The van der Waals surface area contributed by atoms with Gasteiger partial charge in [0.25, 0.3) is 0 Å². The molecule has 1 heterocycles. The average Bonchev–Trinajstić information content (AvgIpc) is 2.61. The van der Waals surface area contributed by atoms with Crippen LogP contribution in [0.2, 0.25) is 0 Å². The largest absolute Gasteiger partial charge is 0.332 e. The Bertz CT molecular complexity index is 450. The molecule has 1 amide bonds. The van der Waals surface area contributed by atoms with Crippen LogP contribution in [0.1, 0.15) is 30.9 Å². The molecule has 1 atom stereocenters. The molecule has 0 radical (unpaired) electrons. The summed E-state index contributed by atoms with van der Waals surface area (Å²) < 4.78 is 0. The molecule has 0 spiro atoms. The minimum Gasteiger partial charge on any atom is -0.332 e. The van der Waals surface area contributed by atoms with Gasteiger partial charge in [-0.1, -0.05) is 42.0 Å². The molecule has 1 saturated heterocycles. The zero-order valence-electron chi connectivity index (χ0n) is 10.6. The topological polar surface area (TPSA) is 20.3 Å². The zero-order valence-corrected chi connectivity index (χ0v) is 10.6. The number of benzene rings is 1. The first-order valence-electron chi connectivity index (χ1n) is 6.08. The second-order valence-electron chi connectivity index (χ2n) is 4.91. The van der Waals surface area contributed by atoms with E-state index in [0.717, 1.165) is 12.0 Å². The molecule has 1 aliphatic heterocycles. The number of carbonyl (C=O) groups is 1. The highest BCUT2D eigenvalue weighted by molar-refractivity contribution is 5.79. The van der Waals surface area contributed by atoms with Crippen molar-refractivity contribution in [3.05, 3.63) is 47.5 Å². The monoisotopic (exact) mass is 229 g/mol. The first-order valence-corrected chi connectivity index (χ1v) is 6.08. The van der Waals surface area contributed by atoms with Crippen molar-refractivity contribution in [1.82, 2.24) is 4.90 Å². The van der Waals surface area contributed by atoms with Crippen molar-refractivity contribution in [2.45, 2.75) is 39.3 Å². The second-order valence-corrected chi connectivity index (χ2v) is 4.91. The SMILES string of the molecule is C=C(C)[C@@H]1CCC(=O)N1Cc1cccc(C)c1. The van der Waals surface area contributed by atoms with Gasteiger partial charge in [0.2, 0.25) is 5.91 Å². The molecule has 0 saturated carbocycles. The Labute approximate surface area is 103 Å². The van der Waals surface area contributed by atoms with Gasteiger partial charge in [-0.3, -0.25) is 4.79 Å². The Balaban J connectivity index is 2.16. The molecule has 2 heteroatoms. The molecule has 90 valence electrons. The molecular formula is C15H19NO. The fraction of sp³-hybridized carbons (Fsp3) is 0.400. The van der Waals surface area contributed by atoms with Crippen LogP contribution in [0.4, 0.5) is 0 Å². The van der Waals surface area contributed by atoms with Crippen LogP contribution in [0.5, 0.6) is 0 Å². The fourth-order valence-electron chi connectivity index (χ4n) is 2.45. The average molecular weight is 229 g/mol. The van der Waals surface area contributed by atoms with Gasteiger partial charge in [0.15, 0.2) is 0 Å². The summed E-state index contributed by atoms with van der Waals surface area (Å²) in [5.41, 5.74) is 3.52. The van der Waals surface area contributed by atoms with Gasteiger partial charge in [0, 0.05) is 13.0 Å². The molecule has 2 rings (SSSR count). The summed E-state index contributed by atoms with van der Waals surface area (Å²) in [6.45, 7) is 8.77. The Kier molecular flexibility index (Phi) is 3.32. The fourth-order valence-corrected chi connectivity index (χ4v) is 2.45. The van der Waals surface area contributed by atoms with E-state index in [0.29, 0.717) is 13.0 Å². The van der Waals surface area contributed by atoms with E-state index in [1.54, 1.807) is 0 Å². The lowest BCUT2D eigenvalue weighted by atomic mass is 10.1. The smallest absolute Gasteiger partial charge is 0.223 e. The molecule has 0 aromatic heterocycles. The molecule has 1 aliphatic rings. The van der Waals surface area contributed by atoms with Gasteiger partial charge in [-0.2, -0.15) is 0 Å². The normalized spacial score (nSPS) is 19.8. The molecule has 0 unspecified atom stereocenters. The lowest BCUT2D eigenvalue weighted by Gasteiger charge is -2.25. The van der Waals surface area contributed by atoms with Crippen LogP contribution in [-0.4, -0.2) is 16.8 Å². The van der Waals surface area contributed by atoms with Crippen molar-refractivity contribution in [1.29, 1.82) is 0 Å². The minimum absolute atomic E-state index is 0.225. The number of rotatable bonds is 3. The lowest BCUT2D eigenvalue weighted by molar-refractivity contribution is -0.129. The summed E-state index contributed by atoms with van der Waals surface area (Å²) in [6.07, 6.45) is 1.57. The summed E-state index contributed by atoms with van der Waals surface area (Å²) in [5, 5.41) is 0. The van der Waals surface area contributed by atoms with Gasteiger partial charge in [0.05, 0.1) is 6.04 Å². The van der Waals surface area contributed by atoms with Gasteiger partial charge < -0.3 is 4.90 Å². The summed E-state index contributed by atoms with van der Waals surface area (Å²) in [6, 6.07) is 8.56. The molecule has 0 bridgehead atoms. The molecule has 1 aromatic carbocycles. The van der Waals surface area contributed by atoms with Crippen LogP contribution in [0.15, 0.2) is 36.4 Å². The van der Waals surface area contributed by atoms with E-state index in [2.05, 4.69) is 31.7 Å². The van der Waals surface area contributed by atoms with E-state index >= 15 is 0 Å². The number of carbonyl (C=O) groups excluding carboxylic acids is 1. The number of nitrogens with zero attached hydrogens (tertiary/aromatic N) is 1. The second kappa shape index (κ2) is 4.74. The number of amides is 1. The van der Waals surface area contributed by atoms with E-state index in [-0.39, 0.29) is 11.9 Å². The summed E-state index contributed by atoms with van der Waals surface area (Å²) >= 11 is 0. The standard InChI is InChI=1S/C15H19NO/c1-11(2)14-7-8-15(17)16(14)10-13-6-4-5-12(3)9-13/h4-6,9,14H,1,7-8,10H2,2-3H3/t14-/m0/s1. The quantitative estimate of drug-likeness (QED) is 0.729. The van der Waals surface area contributed by atoms with E-state index < -0.39 is 0 Å². The molecule has 0 N–H and O–H groups in total. The van der Waals surface area contributed by atoms with E-state index in [1.807, 2.05) is 17.9 Å². The maximum atomic E-state index is 11.9. The van der Waals surface area contributed by atoms with Crippen molar-refractivity contribution >= 4 is 5.91 Å². The van der Waals surface area contributed by atoms with Crippen molar-refractivity contribution in [2.24, 2.45) is 0 Å². The maximum Gasteiger partial charge on any atom is 0.223 e. The lowest BCUT2D eigenvalue weighted by Crippen LogP contribution is -2.32. The van der Waals surface area contributed by atoms with E-state index in [1.165, 1.54) is 11.1 Å². The van der Waals surface area contributed by atoms with Crippen LogP contribution in [-0.2, 0) is 11.3 Å². The van der Waals surface area contributed by atoms with Gasteiger partial charge in [-0.05, 0) is 25.8 Å². The van der Waals surface area contributed by atoms with E-state index in [9.17, 15) is 4.79 Å². The Morgan fingerprint density at radius 3 is 2.94 bits per heavy atom. The highest BCUT2D eigenvalue weighted by Crippen LogP contribution is 2.25. The molecule has 2 nitrogen and oxygen atoms in total. The van der Waals surface area contributed by atoms with Crippen molar-refractivity contribution in [3.8, 4) is 0 Å². The number of hydrogen-bond acceptors (Lipinski definition) is 1. The van der Waals surface area contributed by atoms with Gasteiger partial charge >= 0.3 is 0 Å². The predicted molar refractivity (Wildman–Crippen MR) is 69.6 cm³/mol. The summed E-state index contributed by atoms with van der Waals surface area (Å²) in [5.74, 6) is 0.250. The summed E-state index contributed by atoms with van der Waals surface area (Å²) in [7, 11) is 0. The molecular weight excluding hydrogens is 210 g/mol. The van der Waals surface area contributed by atoms with Gasteiger partial charge in [-0.15, -0.1) is 0 Å². The zero-order chi connectivity index (χ0) is 12.4. The highest BCUT2D eigenvalue weighted by atomic mass is 16.2. The highest BCUT2D eigenvalue weighted by Gasteiger charge is 2.30. The third kappa shape index (κ3) is 2.57. The molecule has 1 fully saturated rings. The van der Waals surface area contributed by atoms with Crippen molar-refractivity contribution in [3.63, 3.8) is 0 Å². The molecule has 17 heavy (non-hydrogen) atoms. The number of hydrogen-bond donors (Lipinski definition) is 0. The van der Waals surface area contributed by atoms with Crippen LogP contribution in [0.3, 0.4) is 0 Å². The van der Waals surface area contributed by atoms with Crippen molar-refractivity contribution in [2.75, 3.05) is 0 Å². The van der Waals surface area contributed by atoms with Crippen LogP contribution in [0.25, 0.3) is 0 Å². The number of aryl methyl sites for hydroxylation is 1. The van der Waals surface area contributed by atoms with Crippen molar-refractivity contribution < 1.29 is 4.79 Å². The third-order valence-corrected chi connectivity index (χ3v) is 3.33. The third-order valence-electron chi connectivity index (χ3n) is 3.33.